The number of hydrogen-bond donors (Lipinski definition) is 0. The van der Waals surface area contributed by atoms with Gasteiger partial charge in [0.15, 0.2) is 0 Å². The Kier molecular flexibility index (Phi) is 2.58. The minimum atomic E-state index is -4.35. The number of imidazole rings is 1. The lowest BCUT2D eigenvalue weighted by Crippen LogP contribution is -2.04. The molecule has 0 N–H and O–H groups in total. The van der Waals surface area contributed by atoms with Gasteiger partial charge in [0.25, 0.3) is 0 Å². The summed E-state index contributed by atoms with van der Waals surface area (Å²) in [5.41, 5.74) is 0.272. The summed E-state index contributed by atoms with van der Waals surface area (Å²) in [5, 5.41) is 0. The number of halogens is 3. The van der Waals surface area contributed by atoms with Crippen molar-refractivity contribution in [2.75, 3.05) is 0 Å². The SMILES string of the molecule is FC(F)(F)c1ccc2c(c1)ncn2Cc1ccco1. The highest BCUT2D eigenvalue weighted by atomic mass is 19.4. The zero-order valence-electron chi connectivity index (χ0n) is 9.69. The third-order valence-corrected chi connectivity index (χ3v) is 2.85. The molecule has 0 radical (unpaired) electrons. The standard InChI is InChI=1S/C13H9F3N2O/c14-13(15,16)9-3-4-12-11(6-9)17-8-18(12)7-10-2-1-5-19-10/h1-6,8H,7H2. The molecule has 0 saturated heterocycles. The highest BCUT2D eigenvalue weighted by molar-refractivity contribution is 5.76. The van der Waals surface area contributed by atoms with E-state index in [0.717, 1.165) is 17.9 Å². The Morgan fingerprint density at radius 2 is 2.05 bits per heavy atom. The van der Waals surface area contributed by atoms with Gasteiger partial charge in [-0.2, -0.15) is 13.2 Å². The van der Waals surface area contributed by atoms with Gasteiger partial charge in [-0.05, 0) is 30.3 Å². The average Bonchev–Trinajstić information content (AvgIpc) is 2.98. The fourth-order valence-electron chi connectivity index (χ4n) is 1.94. The largest absolute Gasteiger partial charge is 0.467 e. The van der Waals surface area contributed by atoms with E-state index in [1.165, 1.54) is 12.4 Å². The maximum Gasteiger partial charge on any atom is 0.416 e. The van der Waals surface area contributed by atoms with Crippen LogP contribution in [0.3, 0.4) is 0 Å². The minimum Gasteiger partial charge on any atom is -0.467 e. The minimum absolute atomic E-state index is 0.321. The number of benzene rings is 1. The second-order valence-electron chi connectivity index (χ2n) is 4.15. The molecular formula is C13H9F3N2O. The first-order valence-electron chi connectivity index (χ1n) is 5.58. The molecule has 6 heteroatoms. The van der Waals surface area contributed by atoms with E-state index in [9.17, 15) is 13.2 Å². The van der Waals surface area contributed by atoms with Crippen LogP contribution in [0.5, 0.6) is 0 Å². The second kappa shape index (κ2) is 4.15. The predicted molar refractivity (Wildman–Crippen MR) is 62.5 cm³/mol. The van der Waals surface area contributed by atoms with E-state index in [1.54, 1.807) is 23.0 Å². The lowest BCUT2D eigenvalue weighted by Gasteiger charge is -2.06. The van der Waals surface area contributed by atoms with Crippen LogP contribution in [-0.4, -0.2) is 9.55 Å². The quantitative estimate of drug-likeness (QED) is 0.708. The fraction of sp³-hybridized carbons (Fsp3) is 0.154. The normalized spacial score (nSPS) is 12.2. The van der Waals surface area contributed by atoms with Crippen molar-refractivity contribution in [1.82, 2.24) is 9.55 Å². The molecule has 0 fully saturated rings. The molecule has 0 saturated carbocycles. The average molecular weight is 266 g/mol. The second-order valence-corrected chi connectivity index (χ2v) is 4.15. The third-order valence-electron chi connectivity index (χ3n) is 2.85. The maximum atomic E-state index is 12.6. The van der Waals surface area contributed by atoms with Crippen LogP contribution < -0.4 is 0 Å². The fourth-order valence-corrected chi connectivity index (χ4v) is 1.94. The molecule has 3 nitrogen and oxygen atoms in total. The molecule has 3 rings (SSSR count). The van der Waals surface area contributed by atoms with Gasteiger partial charge in [0.05, 0.1) is 35.7 Å². The Bertz CT molecular complexity index is 698. The molecule has 0 spiro atoms. The van der Waals surface area contributed by atoms with Crippen LogP contribution in [-0.2, 0) is 12.7 Å². The van der Waals surface area contributed by atoms with Crippen molar-refractivity contribution >= 4 is 11.0 Å². The maximum absolute atomic E-state index is 12.6. The van der Waals surface area contributed by atoms with Gasteiger partial charge in [-0.15, -0.1) is 0 Å². The summed E-state index contributed by atoms with van der Waals surface area (Å²) in [4.78, 5) is 3.99. The summed E-state index contributed by atoms with van der Waals surface area (Å²) >= 11 is 0. The van der Waals surface area contributed by atoms with E-state index < -0.39 is 11.7 Å². The summed E-state index contributed by atoms with van der Waals surface area (Å²) in [5.74, 6) is 0.721. The van der Waals surface area contributed by atoms with Crippen LogP contribution in [0.25, 0.3) is 11.0 Å². The van der Waals surface area contributed by atoms with Crippen molar-refractivity contribution in [1.29, 1.82) is 0 Å². The molecule has 0 atom stereocenters. The smallest absolute Gasteiger partial charge is 0.416 e. The molecule has 0 aliphatic heterocycles. The molecule has 2 heterocycles. The lowest BCUT2D eigenvalue weighted by molar-refractivity contribution is -0.137. The molecule has 0 amide bonds. The zero-order chi connectivity index (χ0) is 13.5. The summed E-state index contributed by atoms with van der Waals surface area (Å²) < 4.78 is 44.7. The van der Waals surface area contributed by atoms with Crippen LogP contribution in [0.15, 0.2) is 47.3 Å². The number of fused-ring (bicyclic) bond motifs is 1. The lowest BCUT2D eigenvalue weighted by atomic mass is 10.2. The van der Waals surface area contributed by atoms with Crippen LogP contribution >= 0.6 is 0 Å². The summed E-state index contributed by atoms with van der Waals surface area (Å²) in [6, 6.07) is 7.09. The molecule has 1 aromatic carbocycles. The van der Waals surface area contributed by atoms with Crippen LogP contribution in [0, 0.1) is 0 Å². The Labute approximate surface area is 106 Å². The van der Waals surface area contributed by atoms with Gasteiger partial charge in [-0.25, -0.2) is 4.98 Å². The van der Waals surface area contributed by atoms with Gasteiger partial charge in [0.2, 0.25) is 0 Å². The van der Waals surface area contributed by atoms with Crippen molar-refractivity contribution in [3.05, 3.63) is 54.2 Å². The molecule has 19 heavy (non-hydrogen) atoms. The van der Waals surface area contributed by atoms with Gasteiger partial charge in [-0.3, -0.25) is 0 Å². The monoisotopic (exact) mass is 266 g/mol. The zero-order valence-corrected chi connectivity index (χ0v) is 9.69. The first-order valence-corrected chi connectivity index (χ1v) is 5.58. The number of nitrogens with zero attached hydrogens (tertiary/aromatic N) is 2. The van der Waals surface area contributed by atoms with Gasteiger partial charge in [-0.1, -0.05) is 0 Å². The molecule has 0 unspecified atom stereocenters. The molecule has 0 aliphatic carbocycles. The van der Waals surface area contributed by atoms with Gasteiger partial charge < -0.3 is 8.98 Å². The first kappa shape index (κ1) is 11.8. The molecule has 0 bridgehead atoms. The molecule has 0 aliphatic rings. The topological polar surface area (TPSA) is 31.0 Å². The van der Waals surface area contributed by atoms with Crippen molar-refractivity contribution < 1.29 is 17.6 Å². The van der Waals surface area contributed by atoms with Crippen molar-refractivity contribution in [2.24, 2.45) is 0 Å². The first-order chi connectivity index (χ1) is 9.04. The Hall–Kier alpha value is -2.24. The molecule has 98 valence electrons. The van der Waals surface area contributed by atoms with Crippen molar-refractivity contribution in [3.63, 3.8) is 0 Å². The number of alkyl halides is 3. The Balaban J connectivity index is 2.00. The van der Waals surface area contributed by atoms with Crippen LogP contribution in [0.2, 0.25) is 0 Å². The number of furan rings is 1. The molecule has 3 aromatic rings. The predicted octanol–water partition coefficient (Wildman–Crippen LogP) is 3.70. The highest BCUT2D eigenvalue weighted by Gasteiger charge is 2.30. The van der Waals surface area contributed by atoms with Crippen LogP contribution in [0.4, 0.5) is 13.2 Å². The van der Waals surface area contributed by atoms with Crippen molar-refractivity contribution in [3.8, 4) is 0 Å². The number of rotatable bonds is 2. The van der Waals surface area contributed by atoms with Gasteiger partial charge in [0, 0.05) is 0 Å². The Morgan fingerprint density at radius 1 is 1.21 bits per heavy atom. The van der Waals surface area contributed by atoms with E-state index >= 15 is 0 Å². The summed E-state index contributed by atoms with van der Waals surface area (Å²) in [7, 11) is 0. The van der Waals surface area contributed by atoms with E-state index in [1.807, 2.05) is 0 Å². The molecule has 2 aromatic heterocycles. The van der Waals surface area contributed by atoms with E-state index in [-0.39, 0.29) is 0 Å². The van der Waals surface area contributed by atoms with Crippen molar-refractivity contribution in [2.45, 2.75) is 12.7 Å². The summed E-state index contributed by atoms with van der Waals surface area (Å²) in [6.07, 6.45) is -1.29. The molecular weight excluding hydrogens is 257 g/mol. The number of hydrogen-bond acceptors (Lipinski definition) is 2. The number of aromatic nitrogens is 2. The van der Waals surface area contributed by atoms with E-state index in [2.05, 4.69) is 4.98 Å². The van der Waals surface area contributed by atoms with Crippen LogP contribution in [0.1, 0.15) is 11.3 Å². The highest BCUT2D eigenvalue weighted by Crippen LogP contribution is 2.31. The van der Waals surface area contributed by atoms with E-state index in [0.29, 0.717) is 17.6 Å². The Morgan fingerprint density at radius 3 is 2.74 bits per heavy atom. The van der Waals surface area contributed by atoms with Gasteiger partial charge in [0.1, 0.15) is 5.76 Å². The van der Waals surface area contributed by atoms with E-state index in [4.69, 9.17) is 4.42 Å². The third kappa shape index (κ3) is 2.21. The summed E-state index contributed by atoms with van der Waals surface area (Å²) in [6.45, 7) is 0.439. The van der Waals surface area contributed by atoms with Gasteiger partial charge >= 0.3 is 6.18 Å².